The van der Waals surface area contributed by atoms with Gasteiger partial charge in [-0.15, -0.1) is 0 Å². The Morgan fingerprint density at radius 3 is 2.39 bits per heavy atom. The van der Waals surface area contributed by atoms with Crippen LogP contribution in [0.25, 0.3) is 0 Å². The van der Waals surface area contributed by atoms with Gasteiger partial charge in [0, 0.05) is 17.0 Å². The van der Waals surface area contributed by atoms with E-state index < -0.39 is 0 Å². The monoisotopic (exact) mass is 348 g/mol. The molecule has 0 radical (unpaired) electrons. The predicted octanol–water partition coefficient (Wildman–Crippen LogP) is 5.79. The van der Waals surface area contributed by atoms with Gasteiger partial charge in [-0.3, -0.25) is 4.72 Å². The van der Waals surface area contributed by atoms with Crippen LogP contribution in [0.1, 0.15) is 64.2 Å². The fourth-order valence-electron chi connectivity index (χ4n) is 4.23. The number of hydrogen-bond donors (Lipinski definition) is 1. The number of nitrogens with one attached hydrogen (secondary N) is 1. The molecule has 0 spiro atoms. The summed E-state index contributed by atoms with van der Waals surface area (Å²) in [5, 5.41) is 0. The van der Waals surface area contributed by atoms with Crippen molar-refractivity contribution in [2.45, 2.75) is 85.9 Å². The molecule has 2 nitrogen and oxygen atoms in total. The van der Waals surface area contributed by atoms with Crippen molar-refractivity contribution in [3.8, 4) is 0 Å². The lowest BCUT2D eigenvalue weighted by molar-refractivity contribution is 0.417. The van der Waals surface area contributed by atoms with E-state index in [-0.39, 0.29) is 0 Å². The third kappa shape index (κ3) is 3.69. The number of fused-ring (bicyclic) bond motifs is 1. The lowest BCUT2D eigenvalue weighted by Gasteiger charge is -2.37. The molecule has 1 atom stereocenters. The van der Waals surface area contributed by atoms with Crippen LogP contribution in [0.4, 0.5) is 5.69 Å². The van der Waals surface area contributed by atoms with Crippen LogP contribution in [0.5, 0.6) is 0 Å². The lowest BCUT2D eigenvalue weighted by atomic mass is 9.94. The van der Waals surface area contributed by atoms with E-state index in [0.29, 0.717) is 4.71 Å². The highest BCUT2D eigenvalue weighted by Gasteiger charge is 2.36. The number of anilines is 1. The molecule has 1 aromatic carbocycles. The molecule has 1 N–H and O–H groups in total. The molecule has 0 aromatic heterocycles. The van der Waals surface area contributed by atoms with Gasteiger partial charge in [0.15, 0.2) is 0 Å². The first kappa shape index (κ1) is 16.2. The third-order valence-corrected chi connectivity index (χ3v) is 8.01. The molecule has 23 heavy (non-hydrogen) atoms. The van der Waals surface area contributed by atoms with Crippen molar-refractivity contribution in [3.63, 3.8) is 0 Å². The van der Waals surface area contributed by atoms with Crippen LogP contribution < -0.4 is 9.62 Å². The molecule has 0 bridgehead atoms. The predicted molar refractivity (Wildman–Crippen MR) is 103 cm³/mol. The van der Waals surface area contributed by atoms with Crippen LogP contribution in [0, 0.1) is 0 Å². The van der Waals surface area contributed by atoms with E-state index in [2.05, 4.69) is 45.6 Å². The molecule has 1 unspecified atom stereocenters. The molecule has 3 aliphatic rings. The molecule has 2 saturated carbocycles. The largest absolute Gasteiger partial charge is 0.346 e. The summed E-state index contributed by atoms with van der Waals surface area (Å²) in [6.07, 6.45) is 13.9. The van der Waals surface area contributed by atoms with Crippen molar-refractivity contribution < 1.29 is 0 Å². The van der Waals surface area contributed by atoms with Crippen molar-refractivity contribution in [1.29, 1.82) is 0 Å². The number of thioether (sulfide) groups is 1. The van der Waals surface area contributed by atoms with Crippen molar-refractivity contribution in [2.75, 3.05) is 4.90 Å². The Hall–Kier alpha value is -0.320. The Morgan fingerprint density at radius 2 is 1.61 bits per heavy atom. The van der Waals surface area contributed by atoms with E-state index in [4.69, 9.17) is 0 Å². The minimum atomic E-state index is 0.512. The molecule has 4 heteroatoms. The van der Waals surface area contributed by atoms with Gasteiger partial charge >= 0.3 is 0 Å². The average molecular weight is 349 g/mol. The molecule has 4 rings (SSSR count). The molecule has 2 aliphatic carbocycles. The molecule has 0 amide bonds. The molecule has 1 aromatic rings. The van der Waals surface area contributed by atoms with Crippen molar-refractivity contribution in [1.82, 2.24) is 4.72 Å². The normalized spacial score (nSPS) is 26.4. The Morgan fingerprint density at radius 1 is 0.913 bits per heavy atom. The zero-order valence-corrected chi connectivity index (χ0v) is 15.5. The summed E-state index contributed by atoms with van der Waals surface area (Å²) in [5.74, 6) is 0. The van der Waals surface area contributed by atoms with Gasteiger partial charge in [0.2, 0.25) is 0 Å². The van der Waals surface area contributed by atoms with E-state index in [1.165, 1.54) is 74.8 Å². The first-order valence-electron chi connectivity index (χ1n) is 9.37. The maximum absolute atomic E-state index is 3.82. The summed E-state index contributed by atoms with van der Waals surface area (Å²) >= 11 is 4.04. The molecular weight excluding hydrogens is 320 g/mol. The summed E-state index contributed by atoms with van der Waals surface area (Å²) < 4.78 is 4.33. The van der Waals surface area contributed by atoms with E-state index in [0.717, 1.165) is 12.1 Å². The van der Waals surface area contributed by atoms with Crippen LogP contribution >= 0.6 is 23.7 Å². The smallest absolute Gasteiger partial charge is 0.141 e. The Bertz CT molecular complexity index is 510. The van der Waals surface area contributed by atoms with Crippen molar-refractivity contribution in [3.05, 3.63) is 24.3 Å². The molecular formula is C19H28N2S2. The van der Waals surface area contributed by atoms with Crippen LogP contribution in [0.15, 0.2) is 29.2 Å². The summed E-state index contributed by atoms with van der Waals surface area (Å²) in [4.78, 5) is 4.21. The summed E-state index contributed by atoms with van der Waals surface area (Å²) in [6.45, 7) is 0. The number of hydrogen-bond acceptors (Lipinski definition) is 4. The van der Waals surface area contributed by atoms with Gasteiger partial charge in [-0.05, 0) is 49.8 Å². The maximum atomic E-state index is 3.82. The highest BCUT2D eigenvalue weighted by molar-refractivity contribution is 8.16. The second kappa shape index (κ2) is 7.71. The first-order valence-corrected chi connectivity index (χ1v) is 11.1. The standard InChI is InChI=1S/C19H28N2S2/c1-3-9-15(10-4-1)20-23-19-21(16-11-5-2-6-12-16)17-13-7-8-14-18(17)22-19/h7-8,13-16,19-20H,1-6,9-12H2. The summed E-state index contributed by atoms with van der Waals surface area (Å²) in [6, 6.07) is 10.5. The lowest BCUT2D eigenvalue weighted by Crippen LogP contribution is -2.41. The molecule has 1 heterocycles. The number of benzene rings is 1. The fraction of sp³-hybridized carbons (Fsp3) is 0.684. The number of nitrogens with zero attached hydrogens (tertiary/aromatic N) is 1. The van der Waals surface area contributed by atoms with Crippen LogP contribution in [0.2, 0.25) is 0 Å². The summed E-state index contributed by atoms with van der Waals surface area (Å²) in [7, 11) is 0. The number of para-hydroxylation sites is 1. The van der Waals surface area contributed by atoms with Gasteiger partial charge in [-0.1, -0.05) is 62.4 Å². The van der Waals surface area contributed by atoms with Gasteiger partial charge in [0.25, 0.3) is 0 Å². The van der Waals surface area contributed by atoms with Gasteiger partial charge in [-0.2, -0.15) is 0 Å². The van der Waals surface area contributed by atoms with Crippen molar-refractivity contribution >= 4 is 29.4 Å². The quantitative estimate of drug-likeness (QED) is 0.693. The molecule has 126 valence electrons. The van der Waals surface area contributed by atoms with Crippen LogP contribution in [-0.4, -0.2) is 16.8 Å². The minimum absolute atomic E-state index is 0.512. The van der Waals surface area contributed by atoms with E-state index in [9.17, 15) is 0 Å². The molecule has 1 aliphatic heterocycles. The second-order valence-corrected chi connectivity index (χ2v) is 9.50. The maximum Gasteiger partial charge on any atom is 0.141 e. The SMILES string of the molecule is c1ccc2c(c1)SC(SNC1CCCCC1)N2C1CCCCC1. The van der Waals surface area contributed by atoms with E-state index in [1.54, 1.807) is 0 Å². The third-order valence-electron chi connectivity index (χ3n) is 5.51. The van der Waals surface area contributed by atoms with Gasteiger partial charge in [0.1, 0.15) is 4.71 Å². The van der Waals surface area contributed by atoms with Gasteiger partial charge in [0.05, 0.1) is 5.69 Å². The van der Waals surface area contributed by atoms with Gasteiger partial charge < -0.3 is 4.90 Å². The highest BCUT2D eigenvalue weighted by Crippen LogP contribution is 2.49. The van der Waals surface area contributed by atoms with E-state index in [1.807, 2.05) is 11.9 Å². The zero-order chi connectivity index (χ0) is 15.5. The molecule has 0 saturated heterocycles. The fourth-order valence-corrected chi connectivity index (χ4v) is 6.91. The number of rotatable bonds is 4. The zero-order valence-electron chi connectivity index (χ0n) is 13.9. The topological polar surface area (TPSA) is 15.3 Å². The average Bonchev–Trinajstić information content (AvgIpc) is 3.00. The first-order chi connectivity index (χ1) is 11.4. The van der Waals surface area contributed by atoms with Crippen molar-refractivity contribution in [2.24, 2.45) is 0 Å². The Labute approximate surface area is 149 Å². The Kier molecular flexibility index (Phi) is 5.42. The van der Waals surface area contributed by atoms with Crippen LogP contribution in [0.3, 0.4) is 0 Å². The van der Waals surface area contributed by atoms with Crippen LogP contribution in [-0.2, 0) is 0 Å². The molecule has 2 fully saturated rings. The second-order valence-electron chi connectivity index (χ2n) is 7.16. The highest BCUT2D eigenvalue weighted by atomic mass is 32.2. The summed E-state index contributed by atoms with van der Waals surface area (Å²) in [5.41, 5.74) is 1.48. The minimum Gasteiger partial charge on any atom is -0.346 e. The van der Waals surface area contributed by atoms with E-state index >= 15 is 0 Å². The van der Waals surface area contributed by atoms with Gasteiger partial charge in [-0.25, -0.2) is 0 Å². The Balaban J connectivity index is 1.46.